The third kappa shape index (κ3) is 59.1. The first kappa shape index (κ1) is 30.1. The highest BCUT2D eigenvalue weighted by atomic mass is 16.5. The quantitative estimate of drug-likeness (QED) is 0.699. The molecule has 0 heterocycles. The highest BCUT2D eigenvalue weighted by Crippen LogP contribution is 2.08. The Hall–Kier alpha value is -1.68. The second kappa shape index (κ2) is 26.5. The van der Waals surface area contributed by atoms with Gasteiger partial charge in [0.25, 0.3) is 0 Å². The fraction of sp³-hybridized carbons (Fsp3) is 0.500. The largest absolute Gasteiger partial charge is 0.394 e. The summed E-state index contributed by atoms with van der Waals surface area (Å²) in [6.07, 6.45) is 1.12. The number of rotatable bonds is 4. The zero-order valence-electron chi connectivity index (χ0n) is 18.5. The van der Waals surface area contributed by atoms with Gasteiger partial charge in [0, 0.05) is 20.8 Å². The summed E-state index contributed by atoms with van der Waals surface area (Å²) >= 11 is 0. The lowest BCUT2D eigenvalue weighted by atomic mass is 10.0. The zero-order valence-corrected chi connectivity index (χ0v) is 18.5. The van der Waals surface area contributed by atoms with Crippen molar-refractivity contribution in [3.05, 3.63) is 72.8 Å². The summed E-state index contributed by atoms with van der Waals surface area (Å²) in [5, 5.41) is 7.94. The fourth-order valence-electron chi connectivity index (χ4n) is 1.07. The van der Waals surface area contributed by atoms with E-state index in [1.807, 2.05) is 72.8 Å². The zero-order chi connectivity index (χ0) is 21.2. The lowest BCUT2D eigenvalue weighted by Gasteiger charge is -2.05. The van der Waals surface area contributed by atoms with Crippen LogP contribution in [-0.2, 0) is 9.47 Å². The van der Waals surface area contributed by atoms with Gasteiger partial charge in [0.05, 0.1) is 13.2 Å². The van der Waals surface area contributed by atoms with E-state index in [1.54, 1.807) is 14.2 Å². The van der Waals surface area contributed by atoms with Crippen molar-refractivity contribution in [1.82, 2.24) is 0 Å². The van der Waals surface area contributed by atoms with Crippen LogP contribution in [-0.4, -0.2) is 39.1 Å². The summed E-state index contributed by atoms with van der Waals surface area (Å²) < 4.78 is 9.13. The molecule has 0 saturated heterocycles. The minimum atomic E-state index is 0.122. The molecule has 0 aliphatic heterocycles. The standard InChI is InChI=1S/2C6H6.C5H12.C4H10O.C3H8O2/c2*1-2-4-6-5-3-1;1-5(2,3)4;1-3-4-5-2;1-5-3-2-4/h2*1-6H;1-4H3;3-4H2,1-2H3;4H,2-3H2,1H3. The minimum Gasteiger partial charge on any atom is -0.394 e. The van der Waals surface area contributed by atoms with Gasteiger partial charge < -0.3 is 14.6 Å². The maximum atomic E-state index is 7.94. The third-order valence-electron chi connectivity index (χ3n) is 2.04. The summed E-state index contributed by atoms with van der Waals surface area (Å²) in [7, 11) is 3.26. The van der Waals surface area contributed by atoms with Crippen molar-refractivity contribution in [2.24, 2.45) is 5.41 Å². The lowest BCUT2D eigenvalue weighted by molar-refractivity contribution is 0.135. The molecule has 0 radical (unpaired) electrons. The van der Waals surface area contributed by atoms with Gasteiger partial charge in [-0.15, -0.1) is 0 Å². The Morgan fingerprint density at radius 1 is 0.593 bits per heavy atom. The molecule has 0 fully saturated rings. The summed E-state index contributed by atoms with van der Waals surface area (Å²) in [4.78, 5) is 0. The van der Waals surface area contributed by atoms with Crippen molar-refractivity contribution in [1.29, 1.82) is 0 Å². The van der Waals surface area contributed by atoms with Crippen molar-refractivity contribution >= 4 is 0 Å². The van der Waals surface area contributed by atoms with Crippen LogP contribution in [0.2, 0.25) is 0 Å². The van der Waals surface area contributed by atoms with Gasteiger partial charge in [-0.3, -0.25) is 0 Å². The van der Waals surface area contributed by atoms with E-state index < -0.39 is 0 Å². The summed E-state index contributed by atoms with van der Waals surface area (Å²) in [6, 6.07) is 24.0. The molecule has 0 aliphatic rings. The highest BCUT2D eigenvalue weighted by Gasteiger charge is 1.95. The Balaban J connectivity index is -0.000000268. The topological polar surface area (TPSA) is 38.7 Å². The van der Waals surface area contributed by atoms with E-state index in [4.69, 9.17) is 9.84 Å². The summed E-state index contributed by atoms with van der Waals surface area (Å²) in [6.45, 7) is 12.3. The van der Waals surface area contributed by atoms with Crippen LogP contribution in [0, 0.1) is 5.41 Å². The molecule has 3 heteroatoms. The van der Waals surface area contributed by atoms with Crippen LogP contribution in [0.25, 0.3) is 0 Å². The van der Waals surface area contributed by atoms with Crippen LogP contribution in [0.15, 0.2) is 72.8 Å². The van der Waals surface area contributed by atoms with Crippen molar-refractivity contribution in [3.63, 3.8) is 0 Å². The Morgan fingerprint density at radius 3 is 0.852 bits per heavy atom. The average Bonchev–Trinajstić information content (AvgIpc) is 2.66. The van der Waals surface area contributed by atoms with Crippen LogP contribution in [0.3, 0.4) is 0 Å². The van der Waals surface area contributed by atoms with E-state index in [2.05, 4.69) is 39.4 Å². The molecule has 2 rings (SSSR count). The van der Waals surface area contributed by atoms with Gasteiger partial charge in [-0.1, -0.05) is 107 Å². The third-order valence-corrected chi connectivity index (χ3v) is 2.04. The molecular formula is C24H42O3. The molecule has 1 N–H and O–H groups in total. The predicted molar refractivity (Wildman–Crippen MR) is 119 cm³/mol. The van der Waals surface area contributed by atoms with Gasteiger partial charge in [-0.25, -0.2) is 0 Å². The molecule has 156 valence electrons. The molecule has 0 atom stereocenters. The maximum Gasteiger partial charge on any atom is 0.0693 e. The molecule has 0 amide bonds. The van der Waals surface area contributed by atoms with Crippen LogP contribution >= 0.6 is 0 Å². The Morgan fingerprint density at radius 2 is 0.815 bits per heavy atom. The van der Waals surface area contributed by atoms with Crippen LogP contribution in [0.5, 0.6) is 0 Å². The number of hydrogen-bond acceptors (Lipinski definition) is 3. The first-order valence-corrected chi connectivity index (χ1v) is 9.42. The molecule has 0 bridgehead atoms. The first-order chi connectivity index (χ1) is 12.8. The molecule has 0 aromatic heterocycles. The normalized spacial score (nSPS) is 8.89. The minimum absolute atomic E-state index is 0.122. The predicted octanol–water partition coefficient (Wildman–Crippen LogP) is 6.09. The van der Waals surface area contributed by atoms with Crippen molar-refractivity contribution in [2.75, 3.05) is 34.0 Å². The van der Waals surface area contributed by atoms with Gasteiger partial charge in [0.2, 0.25) is 0 Å². The van der Waals surface area contributed by atoms with E-state index in [-0.39, 0.29) is 6.61 Å². The van der Waals surface area contributed by atoms with Crippen LogP contribution in [0.1, 0.15) is 41.0 Å². The smallest absolute Gasteiger partial charge is 0.0693 e. The first-order valence-electron chi connectivity index (χ1n) is 9.42. The van der Waals surface area contributed by atoms with Crippen molar-refractivity contribution in [3.8, 4) is 0 Å². The molecular weight excluding hydrogens is 336 g/mol. The Bertz CT molecular complexity index is 323. The molecule has 27 heavy (non-hydrogen) atoms. The van der Waals surface area contributed by atoms with Crippen LogP contribution < -0.4 is 0 Å². The summed E-state index contributed by atoms with van der Waals surface area (Å²) in [5.74, 6) is 0. The molecule has 2 aromatic carbocycles. The maximum absolute atomic E-state index is 7.94. The number of hydrogen-bond donors (Lipinski definition) is 1. The van der Waals surface area contributed by atoms with E-state index >= 15 is 0 Å². The molecule has 0 unspecified atom stereocenters. The molecule has 0 saturated carbocycles. The Kier molecular flexibility index (Phi) is 29.6. The summed E-state index contributed by atoms with van der Waals surface area (Å²) in [5.41, 5.74) is 0.500. The second-order valence-corrected chi connectivity index (χ2v) is 7.02. The van der Waals surface area contributed by atoms with Gasteiger partial charge in [0.1, 0.15) is 0 Å². The number of benzene rings is 2. The molecule has 0 spiro atoms. The van der Waals surface area contributed by atoms with Gasteiger partial charge in [-0.05, 0) is 11.8 Å². The van der Waals surface area contributed by atoms with Crippen LogP contribution in [0.4, 0.5) is 0 Å². The Labute approximate surface area is 168 Å². The average molecular weight is 379 g/mol. The molecule has 2 aromatic rings. The van der Waals surface area contributed by atoms with Gasteiger partial charge in [-0.2, -0.15) is 0 Å². The number of aliphatic hydroxyl groups excluding tert-OH is 1. The molecule has 0 aliphatic carbocycles. The fourth-order valence-corrected chi connectivity index (χ4v) is 1.07. The van der Waals surface area contributed by atoms with Gasteiger partial charge in [0.15, 0.2) is 0 Å². The van der Waals surface area contributed by atoms with E-state index in [1.165, 1.54) is 0 Å². The SMILES string of the molecule is CC(C)(C)C.CCCOC.COCCO.c1ccccc1.c1ccccc1. The van der Waals surface area contributed by atoms with E-state index in [0.717, 1.165) is 13.0 Å². The molecule has 3 nitrogen and oxygen atoms in total. The lowest BCUT2D eigenvalue weighted by Crippen LogP contribution is -1.93. The van der Waals surface area contributed by atoms with E-state index in [9.17, 15) is 0 Å². The number of aliphatic hydroxyl groups is 1. The van der Waals surface area contributed by atoms with Crippen molar-refractivity contribution < 1.29 is 14.6 Å². The monoisotopic (exact) mass is 378 g/mol. The van der Waals surface area contributed by atoms with Gasteiger partial charge >= 0.3 is 0 Å². The number of ether oxygens (including phenoxy) is 2. The van der Waals surface area contributed by atoms with E-state index in [0.29, 0.717) is 12.0 Å². The van der Waals surface area contributed by atoms with Crippen molar-refractivity contribution in [2.45, 2.75) is 41.0 Å². The number of methoxy groups -OCH3 is 2. The second-order valence-electron chi connectivity index (χ2n) is 7.02. The highest BCUT2D eigenvalue weighted by molar-refractivity contribution is 4.99.